The first-order valence-corrected chi connectivity index (χ1v) is 6.02. The number of hydrogen-bond acceptors (Lipinski definition) is 2. The maximum absolute atomic E-state index is 11.0. The van der Waals surface area contributed by atoms with Crippen molar-refractivity contribution in [2.75, 3.05) is 26.2 Å². The third-order valence-electron chi connectivity index (χ3n) is 3.82. The van der Waals surface area contributed by atoms with Crippen molar-refractivity contribution < 1.29 is 9.90 Å². The van der Waals surface area contributed by atoms with Gasteiger partial charge in [-0.2, -0.15) is 0 Å². The van der Waals surface area contributed by atoms with Gasteiger partial charge in [0.25, 0.3) is 0 Å². The average molecular weight is 232 g/mol. The van der Waals surface area contributed by atoms with Crippen molar-refractivity contribution >= 4 is 6.09 Å². The Labute approximate surface area is 100 Å². The van der Waals surface area contributed by atoms with Gasteiger partial charge in [0.05, 0.1) is 0 Å². The van der Waals surface area contributed by atoms with E-state index >= 15 is 0 Å². The second kappa shape index (κ2) is 4.04. The lowest BCUT2D eigenvalue weighted by Crippen LogP contribution is -2.30. The smallest absolute Gasteiger partial charge is 0.407 e. The van der Waals surface area contributed by atoms with E-state index in [2.05, 4.69) is 23.5 Å². The van der Waals surface area contributed by atoms with Gasteiger partial charge in [-0.3, -0.25) is 0 Å². The first-order valence-electron chi connectivity index (χ1n) is 6.02. The van der Waals surface area contributed by atoms with Crippen molar-refractivity contribution in [3.8, 4) is 0 Å². The van der Waals surface area contributed by atoms with Crippen LogP contribution < -0.4 is 5.32 Å². The Morgan fingerprint density at radius 2 is 2.29 bits per heavy atom. The van der Waals surface area contributed by atoms with E-state index < -0.39 is 6.09 Å². The first kappa shape index (κ1) is 10.6. The van der Waals surface area contributed by atoms with Crippen molar-refractivity contribution in [2.45, 2.75) is 0 Å². The molecule has 1 aliphatic carbocycles. The standard InChI is InChI=1S/C13H16N2O2/c16-13(17)15-7-10-6-14-5-9-3-1-2-4-11(9)12(10)8-15/h1-4,9-10,14H,5-8H2,(H,16,17). The Kier molecular flexibility index (Phi) is 2.52. The fraction of sp³-hybridized carbons (Fsp3) is 0.462. The van der Waals surface area contributed by atoms with E-state index in [4.69, 9.17) is 5.11 Å². The Hall–Kier alpha value is -1.55. The Morgan fingerprint density at radius 1 is 1.41 bits per heavy atom. The highest BCUT2D eigenvalue weighted by Gasteiger charge is 2.35. The second-order valence-electron chi connectivity index (χ2n) is 4.85. The van der Waals surface area contributed by atoms with Gasteiger partial charge in [0.2, 0.25) is 0 Å². The molecule has 1 fully saturated rings. The van der Waals surface area contributed by atoms with Gasteiger partial charge in [-0.1, -0.05) is 24.3 Å². The van der Waals surface area contributed by atoms with Crippen LogP contribution in [-0.2, 0) is 0 Å². The quantitative estimate of drug-likeness (QED) is 0.660. The number of fused-ring (bicyclic) bond motifs is 2. The number of hydrogen-bond donors (Lipinski definition) is 2. The molecule has 2 N–H and O–H groups in total. The van der Waals surface area contributed by atoms with Crippen molar-refractivity contribution in [2.24, 2.45) is 11.8 Å². The van der Waals surface area contributed by atoms with Crippen molar-refractivity contribution in [3.63, 3.8) is 0 Å². The van der Waals surface area contributed by atoms with Crippen LogP contribution in [0.25, 0.3) is 0 Å². The molecule has 4 heteroatoms. The molecule has 2 aliphatic heterocycles. The van der Waals surface area contributed by atoms with E-state index in [1.807, 2.05) is 6.08 Å². The number of carboxylic acid groups (broad SMARTS) is 1. The van der Waals surface area contributed by atoms with Crippen molar-refractivity contribution in [1.82, 2.24) is 10.2 Å². The first-order chi connectivity index (χ1) is 8.25. The minimum Gasteiger partial charge on any atom is -0.465 e. The van der Waals surface area contributed by atoms with E-state index in [1.54, 1.807) is 0 Å². The highest BCUT2D eigenvalue weighted by Crippen LogP contribution is 2.33. The lowest BCUT2D eigenvalue weighted by Gasteiger charge is -2.18. The summed E-state index contributed by atoms with van der Waals surface area (Å²) in [6, 6.07) is 0. The van der Waals surface area contributed by atoms with Crippen LogP contribution in [0.5, 0.6) is 0 Å². The summed E-state index contributed by atoms with van der Waals surface area (Å²) in [4.78, 5) is 12.6. The van der Waals surface area contributed by atoms with Gasteiger partial charge in [-0.05, 0) is 11.1 Å². The number of carbonyl (C=O) groups is 1. The number of likely N-dealkylation sites (tertiary alicyclic amines) is 1. The lowest BCUT2D eigenvalue weighted by molar-refractivity contribution is 0.154. The predicted molar refractivity (Wildman–Crippen MR) is 64.8 cm³/mol. The normalized spacial score (nSPS) is 31.2. The molecule has 0 saturated carbocycles. The molecule has 0 radical (unpaired) electrons. The summed E-state index contributed by atoms with van der Waals surface area (Å²) in [5, 5.41) is 12.5. The second-order valence-corrected chi connectivity index (χ2v) is 4.85. The van der Waals surface area contributed by atoms with Crippen LogP contribution in [0.4, 0.5) is 4.79 Å². The molecule has 0 aromatic carbocycles. The van der Waals surface area contributed by atoms with Crippen molar-refractivity contribution in [1.29, 1.82) is 0 Å². The molecule has 17 heavy (non-hydrogen) atoms. The minimum atomic E-state index is -0.807. The van der Waals surface area contributed by atoms with Crippen LogP contribution in [0, 0.1) is 11.8 Å². The Balaban J connectivity index is 1.96. The summed E-state index contributed by atoms with van der Waals surface area (Å²) in [5.41, 5.74) is 2.63. The van der Waals surface area contributed by atoms with E-state index in [-0.39, 0.29) is 0 Å². The van der Waals surface area contributed by atoms with Gasteiger partial charge in [0, 0.05) is 38.0 Å². The zero-order valence-corrected chi connectivity index (χ0v) is 9.60. The van der Waals surface area contributed by atoms with Gasteiger partial charge < -0.3 is 15.3 Å². The Bertz CT molecular complexity index is 437. The molecule has 2 atom stereocenters. The van der Waals surface area contributed by atoms with E-state index in [1.165, 1.54) is 16.0 Å². The molecule has 0 aromatic rings. The summed E-state index contributed by atoms with van der Waals surface area (Å²) in [6.07, 6.45) is 7.65. The fourth-order valence-corrected chi connectivity index (χ4v) is 2.96. The van der Waals surface area contributed by atoms with Crippen LogP contribution in [0.15, 0.2) is 35.5 Å². The van der Waals surface area contributed by atoms with Crippen LogP contribution in [0.3, 0.4) is 0 Å². The summed E-state index contributed by atoms with van der Waals surface area (Å²) < 4.78 is 0. The van der Waals surface area contributed by atoms with Gasteiger partial charge in [0.15, 0.2) is 0 Å². The summed E-state index contributed by atoms with van der Waals surface area (Å²) in [7, 11) is 0. The molecule has 0 aromatic heterocycles. The van der Waals surface area contributed by atoms with E-state index in [0.29, 0.717) is 24.9 Å². The van der Waals surface area contributed by atoms with Crippen LogP contribution in [0.1, 0.15) is 0 Å². The van der Waals surface area contributed by atoms with Crippen LogP contribution in [-0.4, -0.2) is 42.3 Å². The van der Waals surface area contributed by atoms with Gasteiger partial charge in [0.1, 0.15) is 0 Å². The Morgan fingerprint density at radius 3 is 3.12 bits per heavy atom. The number of nitrogens with zero attached hydrogens (tertiary/aromatic N) is 1. The predicted octanol–water partition coefficient (Wildman–Crippen LogP) is 1.24. The third kappa shape index (κ3) is 1.78. The molecule has 3 aliphatic rings. The average Bonchev–Trinajstić information content (AvgIpc) is 2.67. The zero-order valence-electron chi connectivity index (χ0n) is 9.60. The number of rotatable bonds is 0. The van der Waals surface area contributed by atoms with E-state index in [9.17, 15) is 4.79 Å². The number of allylic oxidation sites excluding steroid dienone is 3. The number of nitrogens with one attached hydrogen (secondary N) is 1. The van der Waals surface area contributed by atoms with Gasteiger partial charge in [-0.15, -0.1) is 0 Å². The summed E-state index contributed by atoms with van der Waals surface area (Å²) in [6.45, 7) is 3.06. The van der Waals surface area contributed by atoms with Gasteiger partial charge >= 0.3 is 6.09 Å². The minimum absolute atomic E-state index is 0.349. The maximum Gasteiger partial charge on any atom is 0.407 e. The number of amides is 1. The van der Waals surface area contributed by atoms with Crippen LogP contribution in [0.2, 0.25) is 0 Å². The topological polar surface area (TPSA) is 52.6 Å². The highest BCUT2D eigenvalue weighted by molar-refractivity contribution is 5.66. The van der Waals surface area contributed by atoms with Crippen molar-refractivity contribution in [3.05, 3.63) is 35.5 Å². The van der Waals surface area contributed by atoms with Crippen LogP contribution >= 0.6 is 0 Å². The molecule has 90 valence electrons. The lowest BCUT2D eigenvalue weighted by atomic mass is 9.88. The SMILES string of the molecule is O=C(O)N1CC2=C3C=CC=CC3CNCC2C1. The molecule has 0 spiro atoms. The molecule has 2 unspecified atom stereocenters. The molecule has 2 heterocycles. The molecule has 1 saturated heterocycles. The summed E-state index contributed by atoms with van der Waals surface area (Å²) in [5.74, 6) is 0.760. The molecule has 3 rings (SSSR count). The summed E-state index contributed by atoms with van der Waals surface area (Å²) >= 11 is 0. The monoisotopic (exact) mass is 232 g/mol. The molecule has 4 nitrogen and oxygen atoms in total. The molecule has 0 bridgehead atoms. The van der Waals surface area contributed by atoms with E-state index in [0.717, 1.165) is 13.1 Å². The van der Waals surface area contributed by atoms with Gasteiger partial charge in [-0.25, -0.2) is 4.79 Å². The largest absolute Gasteiger partial charge is 0.465 e. The molecule has 1 amide bonds. The third-order valence-corrected chi connectivity index (χ3v) is 3.82. The highest BCUT2D eigenvalue weighted by atomic mass is 16.4. The zero-order chi connectivity index (χ0) is 11.8. The fourth-order valence-electron chi connectivity index (χ4n) is 2.96. The molecular weight excluding hydrogens is 216 g/mol. The molecular formula is C13H16N2O2. The maximum atomic E-state index is 11.0.